The van der Waals surface area contributed by atoms with E-state index in [-0.39, 0.29) is 0 Å². The Labute approximate surface area is 139 Å². The normalized spacial score (nSPS) is 11.3. The van der Waals surface area contributed by atoms with E-state index in [1.807, 2.05) is 12.1 Å². The molecule has 0 radical (unpaired) electrons. The van der Waals surface area contributed by atoms with E-state index in [2.05, 4.69) is 43.7 Å². The van der Waals surface area contributed by atoms with Gasteiger partial charge in [-0.3, -0.25) is 0 Å². The summed E-state index contributed by atoms with van der Waals surface area (Å²) in [5, 5.41) is 0.841. The van der Waals surface area contributed by atoms with Crippen molar-refractivity contribution in [2.45, 2.75) is 65.3 Å². The molecule has 1 aromatic heterocycles. The van der Waals surface area contributed by atoms with Crippen molar-refractivity contribution in [1.82, 2.24) is 9.55 Å². The molecule has 3 heteroatoms. The number of benzene rings is 1. The van der Waals surface area contributed by atoms with Crippen molar-refractivity contribution in [3.8, 4) is 0 Å². The lowest BCUT2D eigenvalue weighted by Gasteiger charge is -2.18. The molecule has 2 aromatic rings. The van der Waals surface area contributed by atoms with Gasteiger partial charge in [0, 0.05) is 29.3 Å². The topological polar surface area (TPSA) is 17.8 Å². The van der Waals surface area contributed by atoms with E-state index in [0.29, 0.717) is 5.92 Å². The highest BCUT2D eigenvalue weighted by molar-refractivity contribution is 6.31. The number of rotatable bonds is 8. The van der Waals surface area contributed by atoms with E-state index < -0.39 is 0 Å². The highest BCUT2D eigenvalue weighted by Crippen LogP contribution is 2.27. The van der Waals surface area contributed by atoms with Crippen LogP contribution >= 0.6 is 11.6 Å². The van der Waals surface area contributed by atoms with E-state index in [4.69, 9.17) is 16.6 Å². The third-order valence-corrected chi connectivity index (χ3v) is 4.78. The Morgan fingerprint density at radius 3 is 2.50 bits per heavy atom. The third-order valence-electron chi connectivity index (χ3n) is 4.41. The Hall–Kier alpha value is -1.28. The average Bonchev–Trinajstić information content (AvgIpc) is 2.92. The minimum atomic E-state index is 0.574. The standard InChI is InChI=1S/C19H27ClN2/c1-4-7-12-19-21-13-18(15(5-2)6-3)22(19)14-16-10-8-9-11-17(16)20/h8-11,13,15H,4-7,12,14H2,1-3H3. The van der Waals surface area contributed by atoms with Crippen molar-refractivity contribution in [3.05, 3.63) is 52.6 Å². The van der Waals surface area contributed by atoms with Crippen LogP contribution in [0.15, 0.2) is 30.5 Å². The molecule has 0 aliphatic heterocycles. The molecule has 0 aliphatic rings. The van der Waals surface area contributed by atoms with Gasteiger partial charge >= 0.3 is 0 Å². The van der Waals surface area contributed by atoms with Crippen molar-refractivity contribution < 1.29 is 0 Å². The highest BCUT2D eigenvalue weighted by Gasteiger charge is 2.17. The molecule has 0 spiro atoms. The van der Waals surface area contributed by atoms with E-state index in [1.54, 1.807) is 0 Å². The first-order chi connectivity index (χ1) is 10.7. The molecule has 0 N–H and O–H groups in total. The van der Waals surface area contributed by atoms with Gasteiger partial charge in [-0.25, -0.2) is 4.98 Å². The molecule has 22 heavy (non-hydrogen) atoms. The maximum absolute atomic E-state index is 6.36. The van der Waals surface area contributed by atoms with Crippen LogP contribution in [0.1, 0.15) is 69.5 Å². The summed E-state index contributed by atoms with van der Waals surface area (Å²) in [4.78, 5) is 4.72. The Kier molecular flexibility index (Phi) is 6.50. The fraction of sp³-hybridized carbons (Fsp3) is 0.526. The molecular formula is C19H27ClN2. The molecule has 0 atom stereocenters. The Morgan fingerprint density at radius 1 is 1.14 bits per heavy atom. The summed E-state index contributed by atoms with van der Waals surface area (Å²) in [6.07, 6.45) is 7.80. The summed E-state index contributed by atoms with van der Waals surface area (Å²) in [6, 6.07) is 8.12. The zero-order chi connectivity index (χ0) is 15.9. The first-order valence-corrected chi connectivity index (χ1v) is 8.86. The van der Waals surface area contributed by atoms with Gasteiger partial charge in [0.25, 0.3) is 0 Å². The second-order valence-corrected chi connectivity index (χ2v) is 6.30. The molecule has 1 aromatic carbocycles. The molecular weight excluding hydrogens is 292 g/mol. The van der Waals surface area contributed by atoms with E-state index in [1.165, 1.54) is 29.9 Å². The number of nitrogens with zero attached hydrogens (tertiary/aromatic N) is 2. The Morgan fingerprint density at radius 2 is 1.86 bits per heavy atom. The van der Waals surface area contributed by atoms with Gasteiger partial charge in [-0.1, -0.05) is 57.0 Å². The van der Waals surface area contributed by atoms with Gasteiger partial charge in [0.15, 0.2) is 0 Å². The van der Waals surface area contributed by atoms with Crippen LogP contribution in [0.4, 0.5) is 0 Å². The second-order valence-electron chi connectivity index (χ2n) is 5.89. The molecule has 0 fully saturated rings. The van der Waals surface area contributed by atoms with Crippen molar-refractivity contribution in [1.29, 1.82) is 0 Å². The van der Waals surface area contributed by atoms with Crippen LogP contribution in [-0.4, -0.2) is 9.55 Å². The van der Waals surface area contributed by atoms with Gasteiger partial charge in [0.2, 0.25) is 0 Å². The number of imidazole rings is 1. The number of hydrogen-bond acceptors (Lipinski definition) is 1. The molecule has 1 heterocycles. The lowest BCUT2D eigenvalue weighted by Crippen LogP contribution is -2.12. The first kappa shape index (κ1) is 17.1. The zero-order valence-corrected chi connectivity index (χ0v) is 14.7. The van der Waals surface area contributed by atoms with Gasteiger partial charge in [0.05, 0.1) is 6.54 Å². The van der Waals surface area contributed by atoms with Crippen LogP contribution in [0.5, 0.6) is 0 Å². The lowest BCUT2D eigenvalue weighted by atomic mass is 9.99. The van der Waals surface area contributed by atoms with E-state index >= 15 is 0 Å². The summed E-state index contributed by atoms with van der Waals surface area (Å²) >= 11 is 6.36. The lowest BCUT2D eigenvalue weighted by molar-refractivity contribution is 0.567. The molecule has 0 bridgehead atoms. The predicted octanol–water partition coefficient (Wildman–Crippen LogP) is 5.83. The number of aromatic nitrogens is 2. The SMILES string of the molecule is CCCCc1ncc(C(CC)CC)n1Cc1ccccc1Cl. The molecule has 0 unspecified atom stereocenters. The van der Waals surface area contributed by atoms with Crippen LogP contribution in [0.25, 0.3) is 0 Å². The number of unbranched alkanes of at least 4 members (excludes halogenated alkanes) is 1. The smallest absolute Gasteiger partial charge is 0.109 e. The maximum atomic E-state index is 6.36. The first-order valence-electron chi connectivity index (χ1n) is 8.48. The van der Waals surface area contributed by atoms with Crippen molar-refractivity contribution in [2.24, 2.45) is 0 Å². The molecule has 0 saturated carbocycles. The zero-order valence-electron chi connectivity index (χ0n) is 14.0. The number of aryl methyl sites for hydroxylation is 1. The number of hydrogen-bond donors (Lipinski definition) is 0. The largest absolute Gasteiger partial charge is 0.327 e. The third kappa shape index (κ3) is 3.92. The molecule has 0 saturated heterocycles. The molecule has 0 aliphatic carbocycles. The minimum absolute atomic E-state index is 0.574. The van der Waals surface area contributed by atoms with Crippen LogP contribution in [0.2, 0.25) is 5.02 Å². The Bertz CT molecular complexity index is 585. The monoisotopic (exact) mass is 318 g/mol. The van der Waals surface area contributed by atoms with Crippen LogP contribution in [0, 0.1) is 0 Å². The van der Waals surface area contributed by atoms with Crippen LogP contribution < -0.4 is 0 Å². The van der Waals surface area contributed by atoms with Gasteiger partial charge in [-0.15, -0.1) is 0 Å². The molecule has 120 valence electrons. The quantitative estimate of drug-likeness (QED) is 0.598. The van der Waals surface area contributed by atoms with Crippen molar-refractivity contribution >= 4 is 11.6 Å². The maximum Gasteiger partial charge on any atom is 0.109 e. The van der Waals surface area contributed by atoms with E-state index in [0.717, 1.165) is 30.8 Å². The van der Waals surface area contributed by atoms with Gasteiger partial charge in [0.1, 0.15) is 5.82 Å². The van der Waals surface area contributed by atoms with Crippen molar-refractivity contribution in [2.75, 3.05) is 0 Å². The average molecular weight is 319 g/mol. The summed E-state index contributed by atoms with van der Waals surface area (Å²) in [5.41, 5.74) is 2.53. The minimum Gasteiger partial charge on any atom is -0.327 e. The Balaban J connectivity index is 2.36. The molecule has 0 amide bonds. The van der Waals surface area contributed by atoms with Gasteiger partial charge < -0.3 is 4.57 Å². The second kappa shape index (κ2) is 8.38. The van der Waals surface area contributed by atoms with Gasteiger partial charge in [-0.2, -0.15) is 0 Å². The summed E-state index contributed by atoms with van der Waals surface area (Å²) in [5.74, 6) is 1.77. The molecule has 2 nitrogen and oxygen atoms in total. The van der Waals surface area contributed by atoms with Crippen LogP contribution in [0.3, 0.4) is 0 Å². The van der Waals surface area contributed by atoms with Crippen molar-refractivity contribution in [3.63, 3.8) is 0 Å². The van der Waals surface area contributed by atoms with E-state index in [9.17, 15) is 0 Å². The summed E-state index contributed by atoms with van der Waals surface area (Å²) in [6.45, 7) is 7.56. The predicted molar refractivity (Wildman–Crippen MR) is 94.7 cm³/mol. The fourth-order valence-electron chi connectivity index (χ4n) is 2.98. The molecule has 2 rings (SSSR count). The highest BCUT2D eigenvalue weighted by atomic mass is 35.5. The number of halogens is 1. The van der Waals surface area contributed by atoms with Crippen LogP contribution in [-0.2, 0) is 13.0 Å². The fourth-order valence-corrected chi connectivity index (χ4v) is 3.17. The summed E-state index contributed by atoms with van der Waals surface area (Å²) < 4.78 is 2.40. The van der Waals surface area contributed by atoms with Gasteiger partial charge in [-0.05, 0) is 30.9 Å². The summed E-state index contributed by atoms with van der Waals surface area (Å²) in [7, 11) is 0.